The number of benzene rings is 1. The average molecular weight is 460 g/mol. The largest absolute Gasteiger partial charge is 0.343 e. The van der Waals surface area contributed by atoms with Gasteiger partial charge in [-0.1, -0.05) is 53.3 Å². The number of carbonyl (C=O) groups excluding carboxylic acids is 1. The Morgan fingerprint density at radius 2 is 1.97 bits per heavy atom. The summed E-state index contributed by atoms with van der Waals surface area (Å²) in [6.45, 7) is 21.3. The molecule has 1 atom stereocenters. The van der Waals surface area contributed by atoms with Crippen molar-refractivity contribution in [1.29, 1.82) is 0 Å². The van der Waals surface area contributed by atoms with Crippen molar-refractivity contribution in [3.05, 3.63) is 82.6 Å². The molecule has 1 aromatic carbocycles. The van der Waals surface area contributed by atoms with E-state index in [1.54, 1.807) is 5.01 Å². The Morgan fingerprint density at radius 1 is 1.29 bits per heavy atom. The van der Waals surface area contributed by atoms with Crippen LogP contribution in [0.3, 0.4) is 0 Å². The predicted molar refractivity (Wildman–Crippen MR) is 144 cm³/mol. The highest BCUT2D eigenvalue weighted by Crippen LogP contribution is 2.44. The first-order valence-electron chi connectivity index (χ1n) is 12.4. The summed E-state index contributed by atoms with van der Waals surface area (Å²) in [5.41, 5.74) is 9.53. The maximum atomic E-state index is 12.8. The van der Waals surface area contributed by atoms with Crippen molar-refractivity contribution in [3.63, 3.8) is 0 Å². The number of nitrogens with zero attached hydrogens (tertiary/aromatic N) is 2. The minimum Gasteiger partial charge on any atom is -0.343 e. The third kappa shape index (κ3) is 4.97. The molecule has 0 aliphatic carbocycles. The number of aryl methyl sites for hydroxylation is 1. The van der Waals surface area contributed by atoms with Crippen molar-refractivity contribution >= 4 is 17.2 Å². The lowest BCUT2D eigenvalue weighted by Crippen LogP contribution is -2.46. The predicted octanol–water partition coefficient (Wildman–Crippen LogP) is 6.41. The molecule has 0 spiro atoms. The van der Waals surface area contributed by atoms with Gasteiger partial charge in [0, 0.05) is 48.1 Å². The Morgan fingerprint density at radius 3 is 2.50 bits per heavy atom. The molecule has 2 aliphatic heterocycles. The standard InChI is InChI=1S/C30H41N3O/c1-10-12-28(34)25-18-33-27(14-20(25)5)24-15-21(11-2)23(26(32(9)31)13-19(3)4)16-22(24)17-29(33)30(6,7)8/h13-16,18,29H,3,5,10-12,17,31H2,1-2,4,6-9H3/b26-13-. The van der Waals surface area contributed by atoms with E-state index in [0.29, 0.717) is 6.42 Å². The quantitative estimate of drug-likeness (QED) is 0.291. The van der Waals surface area contributed by atoms with Crippen LogP contribution < -0.4 is 5.84 Å². The third-order valence-electron chi connectivity index (χ3n) is 6.75. The molecule has 0 fully saturated rings. The van der Waals surface area contributed by atoms with Gasteiger partial charge in [0.05, 0.1) is 5.70 Å². The molecule has 2 heterocycles. The second kappa shape index (κ2) is 9.79. The first-order valence-corrected chi connectivity index (χ1v) is 12.4. The Bertz CT molecular complexity index is 1110. The van der Waals surface area contributed by atoms with E-state index in [9.17, 15) is 4.79 Å². The molecular formula is C30H41N3O. The van der Waals surface area contributed by atoms with Crippen molar-refractivity contribution in [2.24, 2.45) is 11.3 Å². The van der Waals surface area contributed by atoms with Crippen LogP contribution in [0, 0.1) is 5.41 Å². The fraction of sp³-hybridized carbons (Fsp3) is 0.433. The van der Waals surface area contributed by atoms with E-state index in [-0.39, 0.29) is 17.2 Å². The number of carbonyl (C=O) groups is 1. The lowest BCUT2D eigenvalue weighted by atomic mass is 9.75. The molecule has 0 amide bonds. The van der Waals surface area contributed by atoms with E-state index >= 15 is 0 Å². The van der Waals surface area contributed by atoms with Crippen LogP contribution in [-0.2, 0) is 17.6 Å². The molecule has 1 unspecified atom stereocenters. The zero-order valence-electron chi connectivity index (χ0n) is 22.1. The molecule has 4 nitrogen and oxygen atoms in total. The van der Waals surface area contributed by atoms with E-state index in [0.717, 1.165) is 52.9 Å². The lowest BCUT2D eigenvalue weighted by Gasteiger charge is -2.47. The van der Waals surface area contributed by atoms with Crippen LogP contribution in [0.5, 0.6) is 0 Å². The second-order valence-corrected chi connectivity index (χ2v) is 10.8. The minimum atomic E-state index is 0.00942. The van der Waals surface area contributed by atoms with Crippen LogP contribution in [0.15, 0.2) is 60.4 Å². The van der Waals surface area contributed by atoms with Crippen molar-refractivity contribution in [3.8, 4) is 0 Å². The van der Waals surface area contributed by atoms with Gasteiger partial charge in [-0.3, -0.25) is 4.79 Å². The molecule has 3 rings (SSSR count). The number of Topliss-reactive ketones (excluding diaryl/α,β-unsaturated/α-hetero) is 1. The Kier molecular flexibility index (Phi) is 7.42. The SMILES string of the molecule is C=C(C)/C=C(/c1cc2c(cc1CC)C1=CC(=C)C(C(=O)CCC)=CN1C(C(C)(C)C)C2)N(C)N. The summed E-state index contributed by atoms with van der Waals surface area (Å²) in [7, 11) is 1.88. The molecule has 1 aromatic rings. The zero-order chi connectivity index (χ0) is 25.4. The molecule has 0 radical (unpaired) electrons. The number of hydrogen-bond acceptors (Lipinski definition) is 4. The maximum absolute atomic E-state index is 12.8. The smallest absolute Gasteiger partial charge is 0.164 e. The molecule has 0 saturated carbocycles. The van der Waals surface area contributed by atoms with Crippen molar-refractivity contribution < 1.29 is 4.79 Å². The fourth-order valence-electron chi connectivity index (χ4n) is 4.96. The Balaban J connectivity index is 2.23. The molecule has 2 aliphatic rings. The van der Waals surface area contributed by atoms with Gasteiger partial charge in [0.2, 0.25) is 0 Å². The second-order valence-electron chi connectivity index (χ2n) is 10.8. The van der Waals surface area contributed by atoms with E-state index in [4.69, 9.17) is 5.84 Å². The van der Waals surface area contributed by atoms with E-state index < -0.39 is 0 Å². The summed E-state index contributed by atoms with van der Waals surface area (Å²) in [6, 6.07) is 4.83. The monoisotopic (exact) mass is 459 g/mol. The molecule has 0 saturated heterocycles. The number of allylic oxidation sites excluding steroid dienone is 5. The number of rotatable bonds is 7. The minimum absolute atomic E-state index is 0.00942. The highest BCUT2D eigenvalue weighted by atomic mass is 16.1. The Labute approximate surface area is 206 Å². The first kappa shape index (κ1) is 25.8. The zero-order valence-corrected chi connectivity index (χ0v) is 22.1. The highest BCUT2D eigenvalue weighted by Gasteiger charge is 2.38. The van der Waals surface area contributed by atoms with Crippen LogP contribution in [0.25, 0.3) is 11.4 Å². The number of nitrogens with two attached hydrogens (primary N) is 1. The molecule has 4 heteroatoms. The first-order chi connectivity index (χ1) is 15.9. The van der Waals surface area contributed by atoms with Crippen LogP contribution >= 0.6 is 0 Å². The van der Waals surface area contributed by atoms with Crippen molar-refractivity contribution in [2.75, 3.05) is 7.05 Å². The summed E-state index contributed by atoms with van der Waals surface area (Å²) < 4.78 is 0. The van der Waals surface area contributed by atoms with Gasteiger partial charge in [-0.2, -0.15) is 0 Å². The average Bonchev–Trinajstić information content (AvgIpc) is 2.74. The summed E-state index contributed by atoms with van der Waals surface area (Å²) in [5.74, 6) is 6.43. The normalized spacial score (nSPS) is 18.1. The molecule has 0 aromatic heterocycles. The molecular weight excluding hydrogens is 418 g/mol. The van der Waals surface area contributed by atoms with Crippen LogP contribution in [0.2, 0.25) is 0 Å². The summed E-state index contributed by atoms with van der Waals surface area (Å²) in [4.78, 5) is 15.2. The number of hydrogen-bond donors (Lipinski definition) is 1. The molecule has 2 N–H and O–H groups in total. The van der Waals surface area contributed by atoms with Gasteiger partial charge >= 0.3 is 0 Å². The molecule has 182 valence electrons. The lowest BCUT2D eigenvalue weighted by molar-refractivity contribution is -0.115. The molecule has 34 heavy (non-hydrogen) atoms. The van der Waals surface area contributed by atoms with Gasteiger partial charge in [-0.25, -0.2) is 5.84 Å². The van der Waals surface area contributed by atoms with Crippen molar-refractivity contribution in [1.82, 2.24) is 9.91 Å². The van der Waals surface area contributed by atoms with Gasteiger partial charge in [0.1, 0.15) is 0 Å². The summed E-state index contributed by atoms with van der Waals surface area (Å²) >= 11 is 0. The molecule has 0 bridgehead atoms. The van der Waals surface area contributed by atoms with E-state index in [2.05, 4.69) is 70.2 Å². The number of fused-ring (bicyclic) bond motifs is 3. The number of hydrazine groups is 1. The van der Waals surface area contributed by atoms with E-state index in [1.807, 2.05) is 27.0 Å². The van der Waals surface area contributed by atoms with Gasteiger partial charge < -0.3 is 9.91 Å². The van der Waals surface area contributed by atoms with Crippen molar-refractivity contribution in [2.45, 2.75) is 73.3 Å². The van der Waals surface area contributed by atoms with E-state index in [1.165, 1.54) is 16.7 Å². The van der Waals surface area contributed by atoms with Crippen LogP contribution in [0.1, 0.15) is 76.6 Å². The Hall–Kier alpha value is -2.85. The van der Waals surface area contributed by atoms with Crippen LogP contribution in [0.4, 0.5) is 0 Å². The summed E-state index contributed by atoms with van der Waals surface area (Å²) in [5, 5.41) is 1.68. The number of ketones is 1. The maximum Gasteiger partial charge on any atom is 0.164 e. The van der Waals surface area contributed by atoms with Crippen LogP contribution in [-0.4, -0.2) is 28.8 Å². The van der Waals surface area contributed by atoms with Gasteiger partial charge in [0.25, 0.3) is 0 Å². The van der Waals surface area contributed by atoms with Gasteiger partial charge in [0.15, 0.2) is 5.78 Å². The summed E-state index contributed by atoms with van der Waals surface area (Å²) in [6.07, 6.45) is 9.38. The fourth-order valence-corrected chi connectivity index (χ4v) is 4.96. The highest BCUT2D eigenvalue weighted by molar-refractivity contribution is 6.01. The van der Waals surface area contributed by atoms with Gasteiger partial charge in [-0.15, -0.1) is 0 Å². The van der Waals surface area contributed by atoms with Gasteiger partial charge in [-0.05, 0) is 72.6 Å². The topological polar surface area (TPSA) is 49.6 Å². The third-order valence-corrected chi connectivity index (χ3v) is 6.75.